The monoisotopic (exact) mass is 361 g/mol. The number of methoxy groups -OCH3 is 1. The Kier molecular flexibility index (Phi) is 3.88. The molecule has 27 heavy (non-hydrogen) atoms. The number of rotatable bonds is 2. The van der Waals surface area contributed by atoms with Crippen LogP contribution in [0.15, 0.2) is 42.7 Å². The number of hydrogen-bond donors (Lipinski definition) is 1. The second-order valence-electron chi connectivity index (χ2n) is 7.52. The van der Waals surface area contributed by atoms with Gasteiger partial charge in [0.25, 0.3) is 5.91 Å². The Morgan fingerprint density at radius 1 is 1.26 bits per heavy atom. The average Bonchev–Trinajstić information content (AvgIpc) is 3.20. The van der Waals surface area contributed by atoms with Crippen LogP contribution in [0.5, 0.6) is 5.75 Å². The van der Waals surface area contributed by atoms with Gasteiger partial charge in [0.1, 0.15) is 5.75 Å². The Balaban J connectivity index is 1.50. The van der Waals surface area contributed by atoms with Gasteiger partial charge >= 0.3 is 0 Å². The summed E-state index contributed by atoms with van der Waals surface area (Å²) < 4.78 is 5.67. The fourth-order valence-corrected chi connectivity index (χ4v) is 4.95. The predicted molar refractivity (Wildman–Crippen MR) is 104 cm³/mol. The number of carbonyl (C=O) groups excluding carboxylic acids is 1. The number of hydrogen-bond acceptors (Lipinski definition) is 3. The summed E-state index contributed by atoms with van der Waals surface area (Å²) in [4.78, 5) is 22.8. The Morgan fingerprint density at radius 3 is 3.07 bits per heavy atom. The van der Waals surface area contributed by atoms with Crippen LogP contribution in [0.3, 0.4) is 0 Å². The Bertz CT molecular complexity index is 995. The lowest BCUT2D eigenvalue weighted by molar-refractivity contribution is 0.0544. The molecule has 1 amide bonds. The van der Waals surface area contributed by atoms with Crippen LogP contribution in [0.4, 0.5) is 0 Å². The largest absolute Gasteiger partial charge is 0.496 e. The van der Waals surface area contributed by atoms with E-state index in [-0.39, 0.29) is 11.9 Å². The number of likely N-dealkylation sites (tertiary alicyclic amines) is 1. The molecular weight excluding hydrogens is 338 g/mol. The molecule has 5 rings (SSSR count). The minimum atomic E-state index is 0.125. The predicted octanol–water partition coefficient (Wildman–Crippen LogP) is 3.91. The fourth-order valence-electron chi connectivity index (χ4n) is 4.95. The Labute approximate surface area is 158 Å². The highest BCUT2D eigenvalue weighted by molar-refractivity contribution is 5.97. The van der Waals surface area contributed by atoms with Gasteiger partial charge in [0.15, 0.2) is 0 Å². The molecule has 1 aromatic heterocycles. The molecule has 0 unspecified atom stereocenters. The summed E-state index contributed by atoms with van der Waals surface area (Å²) >= 11 is 0. The highest BCUT2D eigenvalue weighted by Gasteiger charge is 2.40. The summed E-state index contributed by atoms with van der Waals surface area (Å²) in [7, 11) is 1.74. The van der Waals surface area contributed by atoms with E-state index < -0.39 is 0 Å². The molecule has 1 N–H and O–H groups in total. The van der Waals surface area contributed by atoms with Crippen LogP contribution >= 0.6 is 0 Å². The maximum atomic E-state index is 13.3. The topological polar surface area (TPSA) is 58.2 Å². The number of benzene rings is 2. The molecule has 2 atom stereocenters. The molecule has 0 spiro atoms. The first kappa shape index (κ1) is 16.4. The Morgan fingerprint density at radius 2 is 2.19 bits per heavy atom. The van der Waals surface area contributed by atoms with Gasteiger partial charge in [-0.05, 0) is 55.5 Å². The van der Waals surface area contributed by atoms with E-state index >= 15 is 0 Å². The summed E-state index contributed by atoms with van der Waals surface area (Å²) in [6.07, 6.45) is 5.82. The van der Waals surface area contributed by atoms with Crippen LogP contribution in [0.1, 0.15) is 46.7 Å². The lowest BCUT2D eigenvalue weighted by Gasteiger charge is -2.45. The number of aryl methyl sites for hydroxylation is 1. The standard InChI is InChI=1S/C22H23N3O2/c1-27-20-6-2-4-14-8-10-19-16(21(14)20)5-3-11-25(19)22(26)15-7-9-17-18(12-15)24-13-23-17/h2,4,6-7,9,12-13,16,19H,3,5,8,10-11H2,1H3,(H,23,24)/t16-,19-/m0/s1. The van der Waals surface area contributed by atoms with Gasteiger partial charge in [-0.3, -0.25) is 4.79 Å². The molecule has 1 aliphatic carbocycles. The van der Waals surface area contributed by atoms with Gasteiger partial charge in [-0.1, -0.05) is 12.1 Å². The van der Waals surface area contributed by atoms with Gasteiger partial charge in [0, 0.05) is 29.6 Å². The molecule has 1 fully saturated rings. The minimum absolute atomic E-state index is 0.125. The van der Waals surface area contributed by atoms with E-state index in [1.807, 2.05) is 24.3 Å². The first-order valence-electron chi connectivity index (χ1n) is 9.66. The van der Waals surface area contributed by atoms with Crippen molar-refractivity contribution >= 4 is 16.9 Å². The highest BCUT2D eigenvalue weighted by atomic mass is 16.5. The number of aromatic amines is 1. The maximum Gasteiger partial charge on any atom is 0.254 e. The van der Waals surface area contributed by atoms with Gasteiger partial charge in [-0.2, -0.15) is 0 Å². The maximum absolute atomic E-state index is 13.3. The first-order valence-corrected chi connectivity index (χ1v) is 9.66. The fraction of sp³-hybridized carbons (Fsp3) is 0.364. The van der Waals surface area contributed by atoms with Crippen molar-refractivity contribution in [1.29, 1.82) is 0 Å². The van der Waals surface area contributed by atoms with Crippen molar-refractivity contribution in [2.24, 2.45) is 0 Å². The SMILES string of the molecule is COc1cccc2c1[C@H]1CCCN(C(=O)c3ccc4nc[nH]c4c3)[C@H]1CC2. The van der Waals surface area contributed by atoms with Crippen LogP contribution in [-0.4, -0.2) is 40.5 Å². The molecule has 0 bridgehead atoms. The van der Waals surface area contributed by atoms with Gasteiger partial charge in [0.2, 0.25) is 0 Å². The van der Waals surface area contributed by atoms with Crippen molar-refractivity contribution < 1.29 is 9.53 Å². The third-order valence-electron chi connectivity index (χ3n) is 6.16. The number of amides is 1. The summed E-state index contributed by atoms with van der Waals surface area (Å²) in [6, 6.07) is 12.3. The minimum Gasteiger partial charge on any atom is -0.496 e. The van der Waals surface area contributed by atoms with E-state index in [0.29, 0.717) is 5.92 Å². The molecule has 1 aliphatic heterocycles. The van der Waals surface area contributed by atoms with Crippen LogP contribution in [0.25, 0.3) is 11.0 Å². The molecule has 2 aliphatic rings. The summed E-state index contributed by atoms with van der Waals surface area (Å²) in [5.41, 5.74) is 5.23. The van der Waals surface area contributed by atoms with Gasteiger partial charge in [0.05, 0.1) is 24.5 Å². The second-order valence-corrected chi connectivity index (χ2v) is 7.52. The van der Waals surface area contributed by atoms with Gasteiger partial charge < -0.3 is 14.6 Å². The van der Waals surface area contributed by atoms with E-state index in [9.17, 15) is 4.79 Å². The highest BCUT2D eigenvalue weighted by Crippen LogP contribution is 2.45. The number of imidazole rings is 1. The molecular formula is C22H23N3O2. The molecule has 0 radical (unpaired) electrons. The molecule has 5 nitrogen and oxygen atoms in total. The lowest BCUT2D eigenvalue weighted by atomic mass is 9.73. The number of fused-ring (bicyclic) bond motifs is 4. The number of nitrogens with one attached hydrogen (secondary N) is 1. The Hall–Kier alpha value is -2.82. The summed E-state index contributed by atoms with van der Waals surface area (Å²) in [5.74, 6) is 1.45. The molecule has 0 saturated carbocycles. The number of piperidine rings is 1. The lowest BCUT2D eigenvalue weighted by Crippen LogP contribution is -2.49. The van der Waals surface area contributed by atoms with Crippen LogP contribution in [-0.2, 0) is 6.42 Å². The zero-order chi connectivity index (χ0) is 18.4. The summed E-state index contributed by atoms with van der Waals surface area (Å²) in [5, 5.41) is 0. The van der Waals surface area contributed by atoms with Crippen molar-refractivity contribution in [2.75, 3.05) is 13.7 Å². The number of ether oxygens (including phenoxy) is 1. The zero-order valence-electron chi connectivity index (χ0n) is 15.4. The number of carbonyl (C=O) groups is 1. The first-order chi connectivity index (χ1) is 13.3. The van der Waals surface area contributed by atoms with Gasteiger partial charge in [-0.15, -0.1) is 0 Å². The molecule has 2 aromatic carbocycles. The number of nitrogens with zero attached hydrogens (tertiary/aromatic N) is 2. The van der Waals surface area contributed by atoms with Crippen LogP contribution < -0.4 is 4.74 Å². The van der Waals surface area contributed by atoms with E-state index in [0.717, 1.165) is 54.6 Å². The average molecular weight is 361 g/mol. The molecule has 138 valence electrons. The molecule has 3 aromatic rings. The van der Waals surface area contributed by atoms with E-state index in [2.05, 4.69) is 27.0 Å². The van der Waals surface area contributed by atoms with Crippen LogP contribution in [0, 0.1) is 0 Å². The van der Waals surface area contributed by atoms with Crippen molar-refractivity contribution in [3.8, 4) is 5.75 Å². The molecule has 5 heteroatoms. The van der Waals surface area contributed by atoms with Crippen molar-refractivity contribution in [2.45, 2.75) is 37.6 Å². The summed E-state index contributed by atoms with van der Waals surface area (Å²) in [6.45, 7) is 0.825. The second kappa shape index (κ2) is 6.41. The normalized spacial score (nSPS) is 21.6. The molecule has 2 heterocycles. The van der Waals surface area contributed by atoms with E-state index in [1.54, 1.807) is 13.4 Å². The van der Waals surface area contributed by atoms with E-state index in [4.69, 9.17) is 4.74 Å². The third-order valence-corrected chi connectivity index (χ3v) is 6.16. The smallest absolute Gasteiger partial charge is 0.254 e. The van der Waals surface area contributed by atoms with Crippen molar-refractivity contribution in [1.82, 2.24) is 14.9 Å². The van der Waals surface area contributed by atoms with Gasteiger partial charge in [-0.25, -0.2) is 4.98 Å². The van der Waals surface area contributed by atoms with Crippen molar-refractivity contribution in [3.63, 3.8) is 0 Å². The molecule has 1 saturated heterocycles. The van der Waals surface area contributed by atoms with E-state index in [1.165, 1.54) is 11.1 Å². The van der Waals surface area contributed by atoms with Crippen molar-refractivity contribution in [3.05, 3.63) is 59.4 Å². The number of aromatic nitrogens is 2. The third kappa shape index (κ3) is 2.60. The van der Waals surface area contributed by atoms with Crippen LogP contribution in [0.2, 0.25) is 0 Å². The zero-order valence-corrected chi connectivity index (χ0v) is 15.4. The number of H-pyrrole nitrogens is 1. The quantitative estimate of drug-likeness (QED) is 0.753.